The fourth-order valence-electron chi connectivity index (χ4n) is 1.08. The summed E-state index contributed by atoms with van der Waals surface area (Å²) >= 11 is 0. The molecule has 0 atom stereocenters. The molecular formula is C15H17NO6. The van der Waals surface area contributed by atoms with Crippen molar-refractivity contribution >= 4 is 17.6 Å². The molecule has 0 bridgehead atoms. The Morgan fingerprint density at radius 3 is 2.14 bits per heavy atom. The number of carbonyl (C=O) groups is 2. The molecule has 0 fully saturated rings. The molecule has 1 aromatic rings. The van der Waals surface area contributed by atoms with E-state index in [9.17, 15) is 19.7 Å². The zero-order valence-electron chi connectivity index (χ0n) is 12.4. The number of esters is 1. The van der Waals surface area contributed by atoms with E-state index in [1.807, 2.05) is 0 Å². The van der Waals surface area contributed by atoms with Gasteiger partial charge in [0.15, 0.2) is 0 Å². The highest BCUT2D eigenvalue weighted by molar-refractivity contribution is 5.87. The van der Waals surface area contributed by atoms with Crippen LogP contribution in [0.5, 0.6) is 0 Å². The Bertz CT molecular complexity index is 594. The van der Waals surface area contributed by atoms with E-state index in [0.29, 0.717) is 5.56 Å². The summed E-state index contributed by atoms with van der Waals surface area (Å²) in [6.45, 7) is 9.41. The SMILES string of the molecule is C=C(C)C(=O)O.C=C(C)C(=O)OCc1ccccc1[N+](=O)[O-]. The van der Waals surface area contributed by atoms with Crippen LogP contribution in [0.15, 0.2) is 48.6 Å². The lowest BCUT2D eigenvalue weighted by Gasteiger charge is -2.04. The topological polar surface area (TPSA) is 107 Å². The number of rotatable bonds is 5. The van der Waals surface area contributed by atoms with E-state index in [1.165, 1.54) is 19.9 Å². The van der Waals surface area contributed by atoms with Crippen LogP contribution in [-0.2, 0) is 20.9 Å². The van der Waals surface area contributed by atoms with Crippen molar-refractivity contribution < 1.29 is 24.4 Å². The zero-order chi connectivity index (χ0) is 17.3. The highest BCUT2D eigenvalue weighted by Gasteiger charge is 2.13. The average molecular weight is 307 g/mol. The maximum Gasteiger partial charge on any atom is 0.333 e. The van der Waals surface area contributed by atoms with E-state index < -0.39 is 16.9 Å². The largest absolute Gasteiger partial charge is 0.478 e. The summed E-state index contributed by atoms with van der Waals surface area (Å²) in [5.41, 5.74) is 0.743. The predicted octanol–water partition coefficient (Wildman–Crippen LogP) is 2.86. The lowest BCUT2D eigenvalue weighted by Crippen LogP contribution is -2.06. The summed E-state index contributed by atoms with van der Waals surface area (Å²) in [4.78, 5) is 30.8. The van der Waals surface area contributed by atoms with E-state index in [1.54, 1.807) is 18.2 Å². The summed E-state index contributed by atoms with van der Waals surface area (Å²) in [6.07, 6.45) is 0. The number of carboxylic acid groups (broad SMARTS) is 1. The number of nitrogens with zero attached hydrogens (tertiary/aromatic N) is 1. The van der Waals surface area contributed by atoms with E-state index in [2.05, 4.69) is 13.2 Å². The van der Waals surface area contributed by atoms with Gasteiger partial charge < -0.3 is 9.84 Å². The van der Waals surface area contributed by atoms with Crippen molar-refractivity contribution in [3.63, 3.8) is 0 Å². The minimum absolute atomic E-state index is 0.0583. The maximum absolute atomic E-state index is 11.1. The van der Waals surface area contributed by atoms with Crippen molar-refractivity contribution in [2.75, 3.05) is 0 Å². The van der Waals surface area contributed by atoms with Crippen LogP contribution < -0.4 is 0 Å². The van der Waals surface area contributed by atoms with Gasteiger partial charge in [0.2, 0.25) is 0 Å². The average Bonchev–Trinajstić information content (AvgIpc) is 2.45. The van der Waals surface area contributed by atoms with Gasteiger partial charge in [-0.3, -0.25) is 10.1 Å². The summed E-state index contributed by atoms with van der Waals surface area (Å²) in [5.74, 6) is -1.49. The molecule has 0 spiro atoms. The molecule has 7 nitrogen and oxygen atoms in total. The molecule has 0 unspecified atom stereocenters. The van der Waals surface area contributed by atoms with Gasteiger partial charge in [-0.25, -0.2) is 9.59 Å². The van der Waals surface area contributed by atoms with Crippen molar-refractivity contribution in [2.24, 2.45) is 0 Å². The van der Waals surface area contributed by atoms with E-state index in [-0.39, 0.29) is 23.4 Å². The second-order valence-corrected chi connectivity index (χ2v) is 4.33. The van der Waals surface area contributed by atoms with Gasteiger partial charge in [-0.05, 0) is 19.9 Å². The number of hydrogen-bond donors (Lipinski definition) is 1. The molecule has 0 aliphatic carbocycles. The number of ether oxygens (including phenoxy) is 1. The van der Waals surface area contributed by atoms with Crippen molar-refractivity contribution in [3.8, 4) is 0 Å². The third-order valence-electron chi connectivity index (χ3n) is 2.26. The number of benzene rings is 1. The van der Waals surface area contributed by atoms with Gasteiger partial charge in [0.05, 0.1) is 10.5 Å². The molecule has 0 aliphatic rings. The lowest BCUT2D eigenvalue weighted by molar-refractivity contribution is -0.385. The van der Waals surface area contributed by atoms with Crippen LogP contribution in [0.25, 0.3) is 0 Å². The Morgan fingerprint density at radius 2 is 1.73 bits per heavy atom. The van der Waals surface area contributed by atoms with Crippen molar-refractivity contribution in [2.45, 2.75) is 20.5 Å². The number of aliphatic carboxylic acids is 1. The molecule has 0 aromatic heterocycles. The summed E-state index contributed by atoms with van der Waals surface area (Å²) in [5, 5.41) is 18.5. The Labute approximate surface area is 127 Å². The molecule has 1 rings (SSSR count). The fourth-order valence-corrected chi connectivity index (χ4v) is 1.08. The minimum atomic E-state index is -0.935. The third-order valence-corrected chi connectivity index (χ3v) is 2.26. The van der Waals surface area contributed by atoms with Crippen LogP contribution in [0.2, 0.25) is 0 Å². The normalized spacial score (nSPS) is 9.00. The first kappa shape index (κ1) is 19.0. The van der Waals surface area contributed by atoms with Crippen LogP contribution in [0.3, 0.4) is 0 Å². The maximum atomic E-state index is 11.1. The number of nitro groups is 1. The van der Waals surface area contributed by atoms with Gasteiger partial charge in [-0.15, -0.1) is 0 Å². The van der Waals surface area contributed by atoms with Gasteiger partial charge in [-0.1, -0.05) is 25.3 Å². The monoisotopic (exact) mass is 307 g/mol. The summed E-state index contributed by atoms with van der Waals surface area (Å²) in [6, 6.07) is 6.12. The van der Waals surface area contributed by atoms with Crippen LogP contribution in [0.4, 0.5) is 5.69 Å². The Kier molecular flexibility index (Phi) is 7.84. The van der Waals surface area contributed by atoms with Gasteiger partial charge in [0.25, 0.3) is 5.69 Å². The van der Waals surface area contributed by atoms with Crippen LogP contribution >= 0.6 is 0 Å². The molecule has 0 saturated heterocycles. The van der Waals surface area contributed by atoms with Gasteiger partial charge in [0, 0.05) is 17.2 Å². The molecule has 7 heteroatoms. The number of carbonyl (C=O) groups excluding carboxylic acids is 1. The van der Waals surface area contributed by atoms with Crippen molar-refractivity contribution in [1.29, 1.82) is 0 Å². The lowest BCUT2D eigenvalue weighted by atomic mass is 10.2. The van der Waals surface area contributed by atoms with E-state index in [0.717, 1.165) is 0 Å². The van der Waals surface area contributed by atoms with Crippen LogP contribution in [0.1, 0.15) is 19.4 Å². The smallest absolute Gasteiger partial charge is 0.333 e. The Morgan fingerprint density at radius 1 is 1.23 bits per heavy atom. The van der Waals surface area contributed by atoms with E-state index in [4.69, 9.17) is 9.84 Å². The quantitative estimate of drug-likeness (QED) is 0.388. The van der Waals surface area contributed by atoms with Crippen molar-refractivity contribution in [3.05, 3.63) is 64.2 Å². The molecule has 0 radical (unpaired) electrons. The highest BCUT2D eigenvalue weighted by atomic mass is 16.6. The summed E-state index contributed by atoms with van der Waals surface area (Å²) in [7, 11) is 0. The summed E-state index contributed by atoms with van der Waals surface area (Å²) < 4.78 is 4.84. The van der Waals surface area contributed by atoms with Gasteiger partial charge >= 0.3 is 11.9 Å². The Hall–Kier alpha value is -2.96. The highest BCUT2D eigenvalue weighted by Crippen LogP contribution is 2.18. The molecule has 0 amide bonds. The number of para-hydroxylation sites is 1. The minimum Gasteiger partial charge on any atom is -0.478 e. The first-order chi connectivity index (χ1) is 10.2. The fraction of sp³-hybridized carbons (Fsp3) is 0.200. The van der Waals surface area contributed by atoms with Gasteiger partial charge in [0.1, 0.15) is 6.61 Å². The zero-order valence-corrected chi connectivity index (χ0v) is 12.4. The number of nitro benzene ring substituents is 1. The second kappa shape index (κ2) is 9.06. The van der Waals surface area contributed by atoms with Crippen molar-refractivity contribution in [1.82, 2.24) is 0 Å². The molecule has 1 N–H and O–H groups in total. The molecule has 22 heavy (non-hydrogen) atoms. The van der Waals surface area contributed by atoms with E-state index >= 15 is 0 Å². The molecule has 0 aliphatic heterocycles. The molecule has 1 aromatic carbocycles. The molecule has 118 valence electrons. The van der Waals surface area contributed by atoms with Crippen LogP contribution in [-0.4, -0.2) is 22.0 Å². The predicted molar refractivity (Wildman–Crippen MR) is 80.2 cm³/mol. The molecule has 0 saturated carbocycles. The first-order valence-corrected chi connectivity index (χ1v) is 6.10. The standard InChI is InChI=1S/C11H11NO4.C4H6O2/c1-8(2)11(13)16-7-9-5-3-4-6-10(9)12(14)15;1-3(2)4(5)6/h3-6H,1,7H2,2H3;1H2,2H3,(H,5,6). The number of carboxylic acids is 1. The van der Waals surface area contributed by atoms with Crippen LogP contribution in [0, 0.1) is 10.1 Å². The Balaban J connectivity index is 0.000000626. The number of hydrogen-bond acceptors (Lipinski definition) is 5. The second-order valence-electron chi connectivity index (χ2n) is 4.33. The molecule has 0 heterocycles. The molecular weight excluding hydrogens is 290 g/mol. The first-order valence-electron chi connectivity index (χ1n) is 6.10. The third kappa shape index (κ3) is 6.99. The van der Waals surface area contributed by atoms with Gasteiger partial charge in [-0.2, -0.15) is 0 Å².